The van der Waals surface area contributed by atoms with Gasteiger partial charge >= 0.3 is 0 Å². The maximum atomic E-state index is 7.36. The number of rotatable bonds is 9. The fourth-order valence-corrected chi connectivity index (χ4v) is 10.2. The molecule has 0 aromatic heterocycles. The van der Waals surface area contributed by atoms with Crippen LogP contribution in [0.25, 0.3) is 0 Å². The van der Waals surface area contributed by atoms with Crippen molar-refractivity contribution >= 4 is 8.32 Å². The topological polar surface area (TPSA) is 9.23 Å². The molecule has 0 amide bonds. The van der Waals surface area contributed by atoms with Gasteiger partial charge in [0.2, 0.25) is 0 Å². The minimum absolute atomic E-state index is 0.400. The van der Waals surface area contributed by atoms with Gasteiger partial charge in [0.1, 0.15) is 0 Å². The van der Waals surface area contributed by atoms with E-state index in [4.69, 9.17) is 4.43 Å². The molecule has 1 nitrogen and oxygen atoms in total. The van der Waals surface area contributed by atoms with Crippen LogP contribution in [0.4, 0.5) is 0 Å². The molecule has 0 radical (unpaired) electrons. The molecular weight excluding hydrogens is 380 g/mol. The molecule has 0 saturated heterocycles. The van der Waals surface area contributed by atoms with Crippen molar-refractivity contribution in [3.63, 3.8) is 0 Å². The van der Waals surface area contributed by atoms with Crippen LogP contribution in [0.1, 0.15) is 82.4 Å². The van der Waals surface area contributed by atoms with Gasteiger partial charge in [0.05, 0.1) is 6.10 Å². The molecule has 3 rings (SSSR count). The average molecular weight is 423 g/mol. The van der Waals surface area contributed by atoms with Crippen LogP contribution in [0.5, 0.6) is 0 Å². The van der Waals surface area contributed by atoms with Gasteiger partial charge in [-0.1, -0.05) is 101 Å². The Hall–Kier alpha value is -1.38. The summed E-state index contributed by atoms with van der Waals surface area (Å²) in [6.07, 6.45) is 7.98. The van der Waals surface area contributed by atoms with Gasteiger partial charge in [0, 0.05) is 5.92 Å². The minimum atomic E-state index is -1.88. The molecule has 0 heterocycles. The molecule has 2 aromatic carbocycles. The largest absolute Gasteiger partial charge is 0.413 e. The molecule has 1 fully saturated rings. The van der Waals surface area contributed by atoms with Crippen LogP contribution in [0, 0.1) is 6.92 Å². The molecule has 1 unspecified atom stereocenters. The first-order chi connectivity index (χ1) is 14.4. The van der Waals surface area contributed by atoms with Crippen molar-refractivity contribution in [1.82, 2.24) is 0 Å². The van der Waals surface area contributed by atoms with E-state index < -0.39 is 8.32 Å². The Kier molecular flexibility index (Phi) is 8.36. The zero-order valence-electron chi connectivity index (χ0n) is 19.9. The summed E-state index contributed by atoms with van der Waals surface area (Å²) < 4.78 is 7.36. The van der Waals surface area contributed by atoms with Crippen LogP contribution in [-0.4, -0.2) is 14.4 Å². The second kappa shape index (κ2) is 10.8. The van der Waals surface area contributed by atoms with E-state index in [9.17, 15) is 0 Å². The summed E-state index contributed by atoms with van der Waals surface area (Å²) in [5.41, 5.74) is 5.59. The maximum Gasteiger partial charge on any atom is 0.198 e. The fourth-order valence-electron chi connectivity index (χ4n) is 5.50. The highest BCUT2D eigenvalue weighted by Gasteiger charge is 2.45. The highest BCUT2D eigenvalue weighted by Crippen LogP contribution is 2.44. The van der Waals surface area contributed by atoms with Crippen molar-refractivity contribution in [2.45, 2.75) is 102 Å². The Morgan fingerprint density at radius 3 is 2.13 bits per heavy atom. The third kappa shape index (κ3) is 5.65. The third-order valence-corrected chi connectivity index (χ3v) is 13.2. The Morgan fingerprint density at radius 1 is 0.867 bits per heavy atom. The van der Waals surface area contributed by atoms with E-state index in [1.165, 1.54) is 61.3 Å². The van der Waals surface area contributed by atoms with Crippen molar-refractivity contribution in [3.8, 4) is 0 Å². The highest BCUT2D eigenvalue weighted by molar-refractivity contribution is 6.76. The second-order valence-corrected chi connectivity index (χ2v) is 15.0. The predicted molar refractivity (Wildman–Crippen MR) is 133 cm³/mol. The molecule has 0 spiro atoms. The van der Waals surface area contributed by atoms with Crippen LogP contribution in [0.15, 0.2) is 54.6 Å². The van der Waals surface area contributed by atoms with Gasteiger partial charge < -0.3 is 4.43 Å². The van der Waals surface area contributed by atoms with Gasteiger partial charge in [0.25, 0.3) is 0 Å². The molecule has 0 bridgehead atoms. The lowest BCUT2D eigenvalue weighted by molar-refractivity contribution is 0.112. The molecule has 2 heteroatoms. The summed E-state index contributed by atoms with van der Waals surface area (Å²) in [6, 6.07) is 21.5. The van der Waals surface area contributed by atoms with Gasteiger partial charge in [-0.25, -0.2) is 0 Å². The van der Waals surface area contributed by atoms with Crippen molar-refractivity contribution in [2.24, 2.45) is 0 Å². The molecule has 1 aliphatic carbocycles. The molecule has 1 saturated carbocycles. The second-order valence-electron chi connectivity index (χ2n) is 10.1. The van der Waals surface area contributed by atoms with E-state index in [2.05, 4.69) is 89.2 Å². The number of aryl methyl sites for hydroxylation is 2. The van der Waals surface area contributed by atoms with Gasteiger partial charge in [-0.2, -0.15) is 0 Å². The minimum Gasteiger partial charge on any atom is -0.413 e. The Bertz CT molecular complexity index is 742. The van der Waals surface area contributed by atoms with Crippen LogP contribution in [-0.2, 0) is 10.8 Å². The van der Waals surface area contributed by atoms with Crippen LogP contribution in [0.3, 0.4) is 0 Å². The van der Waals surface area contributed by atoms with Crippen molar-refractivity contribution in [1.29, 1.82) is 0 Å². The molecular formula is C28H42OSi. The van der Waals surface area contributed by atoms with Crippen molar-refractivity contribution in [2.75, 3.05) is 0 Å². The molecule has 0 aliphatic heterocycles. The van der Waals surface area contributed by atoms with E-state index in [0.717, 1.165) is 0 Å². The smallest absolute Gasteiger partial charge is 0.198 e. The number of hydrogen-bond acceptors (Lipinski definition) is 1. The molecule has 1 aliphatic rings. The maximum absolute atomic E-state index is 7.36. The average Bonchev–Trinajstić information content (AvgIpc) is 2.75. The van der Waals surface area contributed by atoms with E-state index in [1.54, 1.807) is 0 Å². The summed E-state index contributed by atoms with van der Waals surface area (Å²) >= 11 is 0. The van der Waals surface area contributed by atoms with Crippen LogP contribution < -0.4 is 0 Å². The lowest BCUT2D eigenvalue weighted by atomic mass is 9.82. The first-order valence-electron chi connectivity index (χ1n) is 12.2. The van der Waals surface area contributed by atoms with Gasteiger partial charge in [0.15, 0.2) is 8.32 Å². The molecule has 164 valence electrons. The van der Waals surface area contributed by atoms with E-state index in [-0.39, 0.29) is 0 Å². The zero-order valence-corrected chi connectivity index (χ0v) is 20.9. The Morgan fingerprint density at radius 2 is 1.50 bits per heavy atom. The quantitative estimate of drug-likeness (QED) is 0.368. The third-order valence-electron chi connectivity index (χ3n) is 7.41. The highest BCUT2D eigenvalue weighted by atomic mass is 28.4. The lowest BCUT2D eigenvalue weighted by Crippen LogP contribution is -2.49. The van der Waals surface area contributed by atoms with E-state index in [1.807, 2.05) is 0 Å². The summed E-state index contributed by atoms with van der Waals surface area (Å²) in [4.78, 5) is 0. The fraction of sp³-hybridized carbons (Fsp3) is 0.571. The van der Waals surface area contributed by atoms with Crippen molar-refractivity contribution in [3.05, 3.63) is 71.3 Å². The standard InChI is InChI=1S/C28H42OSi/c1-22(2)30(23(3)4,21-11-12-25-19-17-24(5)18-20-25)29-28-16-10-9-15-27(28)26-13-7-6-8-14-26/h6-8,13-14,17-20,22-23,27-28H,9-12,15-16,21H2,1-5H3/t27-,28?/m0/s1. The van der Waals surface area contributed by atoms with Gasteiger partial charge in [-0.15, -0.1) is 0 Å². The number of hydrogen-bond donors (Lipinski definition) is 0. The Labute approximate surface area is 186 Å². The zero-order chi connectivity index (χ0) is 21.6. The molecule has 2 atom stereocenters. The number of benzene rings is 2. The molecule has 0 N–H and O–H groups in total. The first kappa shape index (κ1) is 23.3. The van der Waals surface area contributed by atoms with E-state index >= 15 is 0 Å². The van der Waals surface area contributed by atoms with Crippen molar-refractivity contribution < 1.29 is 4.43 Å². The lowest BCUT2D eigenvalue weighted by Gasteiger charge is -2.45. The van der Waals surface area contributed by atoms with Gasteiger partial charge in [-0.05, 0) is 60.9 Å². The predicted octanol–water partition coefficient (Wildman–Crippen LogP) is 8.44. The SMILES string of the molecule is Cc1ccc(CCC[Si](OC2CCCC[C@H]2c2ccccc2)(C(C)C)C(C)C)cc1. The molecule has 2 aromatic rings. The van der Waals surface area contributed by atoms with Crippen LogP contribution >= 0.6 is 0 Å². The monoisotopic (exact) mass is 422 g/mol. The summed E-state index contributed by atoms with van der Waals surface area (Å²) in [7, 11) is -1.88. The van der Waals surface area contributed by atoms with Gasteiger partial charge in [-0.3, -0.25) is 0 Å². The van der Waals surface area contributed by atoms with E-state index in [0.29, 0.717) is 23.1 Å². The molecule has 30 heavy (non-hydrogen) atoms. The normalized spacial score (nSPS) is 20.1. The summed E-state index contributed by atoms with van der Waals surface area (Å²) in [5.74, 6) is 0.571. The Balaban J connectivity index is 1.75. The summed E-state index contributed by atoms with van der Waals surface area (Å²) in [5, 5.41) is 0. The summed E-state index contributed by atoms with van der Waals surface area (Å²) in [6.45, 7) is 11.9. The first-order valence-corrected chi connectivity index (χ1v) is 14.5. The van der Waals surface area contributed by atoms with Crippen LogP contribution in [0.2, 0.25) is 17.1 Å².